The number of nitrogens with two attached hydrogens (primary N) is 1. The number of aromatic nitrogens is 1. The molecular formula is C12H16N4O2S. The highest BCUT2D eigenvalue weighted by molar-refractivity contribution is 7.16. The minimum absolute atomic E-state index is 0.00483. The van der Waals surface area contributed by atoms with Crippen LogP contribution in [-0.2, 0) is 0 Å². The Hall–Kier alpha value is -1.73. The van der Waals surface area contributed by atoms with Crippen LogP contribution in [0.1, 0.15) is 13.8 Å². The first-order valence-electron chi connectivity index (χ1n) is 6.01. The number of nitrogens with one attached hydrogen (secondary N) is 1. The number of fused-ring (bicyclic) bond motifs is 1. The van der Waals surface area contributed by atoms with Crippen molar-refractivity contribution in [3.63, 3.8) is 0 Å². The van der Waals surface area contributed by atoms with E-state index in [4.69, 9.17) is 5.73 Å². The molecule has 1 heterocycles. The zero-order valence-corrected chi connectivity index (χ0v) is 11.6. The third-order valence-corrected chi connectivity index (χ3v) is 3.85. The van der Waals surface area contributed by atoms with Gasteiger partial charge in [0.2, 0.25) is 0 Å². The van der Waals surface area contributed by atoms with E-state index in [1.165, 1.54) is 11.3 Å². The zero-order valence-electron chi connectivity index (χ0n) is 10.8. The van der Waals surface area contributed by atoms with Gasteiger partial charge in [-0.2, -0.15) is 0 Å². The molecular weight excluding hydrogens is 264 g/mol. The van der Waals surface area contributed by atoms with Crippen LogP contribution in [0.5, 0.6) is 0 Å². The zero-order chi connectivity index (χ0) is 14.0. The molecule has 2 rings (SSSR count). The Morgan fingerprint density at radius 1 is 1.53 bits per heavy atom. The monoisotopic (exact) mass is 280 g/mol. The molecule has 0 aliphatic carbocycles. The van der Waals surface area contributed by atoms with Gasteiger partial charge in [-0.25, -0.2) is 4.98 Å². The Kier molecular flexibility index (Phi) is 3.96. The number of rotatable bonds is 5. The second-order valence-corrected chi connectivity index (χ2v) is 5.53. The fourth-order valence-electron chi connectivity index (χ4n) is 1.92. The van der Waals surface area contributed by atoms with E-state index < -0.39 is 4.92 Å². The highest BCUT2D eigenvalue weighted by atomic mass is 32.1. The van der Waals surface area contributed by atoms with Gasteiger partial charge in [-0.1, -0.05) is 13.8 Å². The molecule has 6 nitrogen and oxygen atoms in total. The van der Waals surface area contributed by atoms with Crippen LogP contribution >= 0.6 is 11.3 Å². The Bertz CT molecular complexity index is 596. The first kappa shape index (κ1) is 13.7. The summed E-state index contributed by atoms with van der Waals surface area (Å²) in [6, 6.07) is 3.56. The molecule has 0 fully saturated rings. The molecule has 0 radical (unpaired) electrons. The molecule has 0 spiro atoms. The number of hydrogen-bond donors (Lipinski definition) is 2. The topological polar surface area (TPSA) is 94.1 Å². The quantitative estimate of drug-likeness (QED) is 0.648. The van der Waals surface area contributed by atoms with Gasteiger partial charge >= 0.3 is 5.69 Å². The molecule has 0 saturated carbocycles. The second-order valence-electron chi connectivity index (χ2n) is 4.65. The van der Waals surface area contributed by atoms with Gasteiger partial charge < -0.3 is 11.1 Å². The van der Waals surface area contributed by atoms with Crippen molar-refractivity contribution in [1.82, 2.24) is 4.98 Å². The van der Waals surface area contributed by atoms with Crippen LogP contribution in [0.4, 0.5) is 11.4 Å². The highest BCUT2D eigenvalue weighted by Gasteiger charge is 2.23. The normalized spacial score (nSPS) is 12.8. The van der Waals surface area contributed by atoms with Crippen molar-refractivity contribution in [2.75, 3.05) is 11.9 Å². The maximum absolute atomic E-state index is 11.3. The minimum atomic E-state index is -0.391. The summed E-state index contributed by atoms with van der Waals surface area (Å²) in [6.45, 7) is 4.47. The molecule has 0 aliphatic rings. The van der Waals surface area contributed by atoms with Crippen LogP contribution < -0.4 is 11.1 Å². The third-order valence-electron chi connectivity index (χ3n) is 3.06. The number of benzene rings is 1. The van der Waals surface area contributed by atoms with E-state index >= 15 is 0 Å². The molecule has 0 amide bonds. The second kappa shape index (κ2) is 5.50. The lowest BCUT2D eigenvalue weighted by molar-refractivity contribution is -0.382. The molecule has 0 aliphatic heterocycles. The number of nitro groups is 1. The molecule has 1 aromatic heterocycles. The van der Waals surface area contributed by atoms with Crippen LogP contribution in [0.3, 0.4) is 0 Å². The van der Waals surface area contributed by atoms with Crippen molar-refractivity contribution in [2.24, 2.45) is 11.7 Å². The summed E-state index contributed by atoms with van der Waals surface area (Å²) in [7, 11) is 0. The summed E-state index contributed by atoms with van der Waals surface area (Å²) in [6.07, 6.45) is 0. The standard InChI is InChI=1S/C12H16N4O2S/c1-7(2)9(5-13)15-8-3-4-10-11(14-6-19-10)12(8)16(17)18/h3-4,6-7,9,15H,5,13H2,1-2H3. The van der Waals surface area contributed by atoms with Crippen LogP contribution in [-0.4, -0.2) is 22.5 Å². The predicted molar refractivity (Wildman–Crippen MR) is 77.6 cm³/mol. The van der Waals surface area contributed by atoms with E-state index in [2.05, 4.69) is 10.3 Å². The molecule has 3 N–H and O–H groups in total. The summed E-state index contributed by atoms with van der Waals surface area (Å²) >= 11 is 1.39. The number of anilines is 1. The smallest absolute Gasteiger partial charge is 0.319 e. The molecule has 0 saturated heterocycles. The number of thiazole rings is 1. The largest absolute Gasteiger partial charge is 0.375 e. The van der Waals surface area contributed by atoms with Crippen molar-refractivity contribution < 1.29 is 4.92 Å². The van der Waals surface area contributed by atoms with Crippen LogP contribution in [0.15, 0.2) is 17.6 Å². The first-order valence-corrected chi connectivity index (χ1v) is 6.89. The molecule has 2 aromatic rings. The van der Waals surface area contributed by atoms with Crippen LogP contribution in [0.2, 0.25) is 0 Å². The molecule has 1 atom stereocenters. The van der Waals surface area contributed by atoms with Crippen molar-refractivity contribution in [3.05, 3.63) is 27.8 Å². The van der Waals surface area contributed by atoms with Gasteiger partial charge in [-0.15, -0.1) is 11.3 Å². The van der Waals surface area contributed by atoms with Crippen LogP contribution in [0.25, 0.3) is 10.2 Å². The Balaban J connectivity index is 2.47. The van der Waals surface area contributed by atoms with Gasteiger partial charge in [0.1, 0.15) is 5.69 Å². The highest BCUT2D eigenvalue weighted by Crippen LogP contribution is 2.34. The van der Waals surface area contributed by atoms with E-state index in [0.717, 1.165) is 4.70 Å². The van der Waals surface area contributed by atoms with Crippen molar-refractivity contribution in [1.29, 1.82) is 0 Å². The van der Waals surface area contributed by atoms with Crippen molar-refractivity contribution in [2.45, 2.75) is 19.9 Å². The van der Waals surface area contributed by atoms with Gasteiger partial charge in [0, 0.05) is 12.6 Å². The molecule has 1 unspecified atom stereocenters. The molecule has 19 heavy (non-hydrogen) atoms. The van der Waals surface area contributed by atoms with Crippen LogP contribution in [0, 0.1) is 16.0 Å². The Morgan fingerprint density at radius 3 is 2.84 bits per heavy atom. The maximum Gasteiger partial charge on any atom is 0.319 e. The average Bonchev–Trinajstić information content (AvgIpc) is 2.82. The van der Waals surface area contributed by atoms with Gasteiger partial charge in [-0.3, -0.25) is 10.1 Å². The summed E-state index contributed by atoms with van der Waals surface area (Å²) in [5.74, 6) is 0.288. The average molecular weight is 280 g/mol. The maximum atomic E-state index is 11.3. The van der Waals surface area contributed by atoms with Crippen molar-refractivity contribution >= 4 is 32.9 Å². The predicted octanol–water partition coefficient (Wildman–Crippen LogP) is 2.60. The fraction of sp³-hybridized carbons (Fsp3) is 0.417. The van der Waals surface area contributed by atoms with Gasteiger partial charge in [0.05, 0.1) is 15.1 Å². The lowest BCUT2D eigenvalue weighted by Gasteiger charge is -2.21. The SMILES string of the molecule is CC(C)C(CN)Nc1ccc2scnc2c1[N+](=O)[O-]. The minimum Gasteiger partial charge on any atom is -0.375 e. The van der Waals surface area contributed by atoms with Gasteiger partial charge in [0.25, 0.3) is 0 Å². The van der Waals surface area contributed by atoms with E-state index in [1.807, 2.05) is 19.9 Å². The third kappa shape index (κ3) is 2.66. The fourth-order valence-corrected chi connectivity index (χ4v) is 2.59. The molecule has 7 heteroatoms. The van der Waals surface area contributed by atoms with Gasteiger partial charge in [-0.05, 0) is 18.1 Å². The molecule has 0 bridgehead atoms. The Morgan fingerprint density at radius 2 is 2.26 bits per heavy atom. The summed E-state index contributed by atoms with van der Waals surface area (Å²) in [4.78, 5) is 15.0. The van der Waals surface area contributed by atoms with Crippen molar-refractivity contribution in [3.8, 4) is 0 Å². The number of nitro benzene ring substituents is 1. The number of nitrogens with zero attached hydrogens (tertiary/aromatic N) is 2. The van der Waals surface area contributed by atoms with Gasteiger partial charge in [0.15, 0.2) is 5.52 Å². The Labute approximate surface area is 114 Å². The lowest BCUT2D eigenvalue weighted by atomic mass is 10.0. The summed E-state index contributed by atoms with van der Waals surface area (Å²) in [5.41, 5.74) is 8.24. The first-order chi connectivity index (χ1) is 9.04. The van der Waals surface area contributed by atoms with E-state index in [9.17, 15) is 10.1 Å². The van der Waals surface area contributed by atoms with E-state index in [-0.39, 0.29) is 17.6 Å². The molecule has 1 aromatic carbocycles. The lowest BCUT2D eigenvalue weighted by Crippen LogP contribution is -2.33. The summed E-state index contributed by atoms with van der Waals surface area (Å²) < 4.78 is 0.811. The summed E-state index contributed by atoms with van der Waals surface area (Å²) in [5, 5.41) is 14.4. The number of hydrogen-bond acceptors (Lipinski definition) is 6. The van der Waals surface area contributed by atoms with E-state index in [1.54, 1.807) is 11.6 Å². The van der Waals surface area contributed by atoms with E-state index in [0.29, 0.717) is 17.7 Å². The molecule has 102 valence electrons.